The van der Waals surface area contributed by atoms with Crippen LogP contribution >= 0.6 is 0 Å². The van der Waals surface area contributed by atoms with Crippen LogP contribution in [0.5, 0.6) is 0 Å². The molecular formula is C21H23N5O. The Kier molecular flexibility index (Phi) is 4.39. The molecule has 0 aliphatic rings. The van der Waals surface area contributed by atoms with Crippen molar-refractivity contribution in [1.29, 1.82) is 0 Å². The van der Waals surface area contributed by atoms with Crippen LogP contribution in [-0.4, -0.2) is 31.8 Å². The predicted molar refractivity (Wildman–Crippen MR) is 107 cm³/mol. The lowest BCUT2D eigenvalue weighted by Gasteiger charge is -2.09. The Morgan fingerprint density at radius 1 is 1.19 bits per heavy atom. The van der Waals surface area contributed by atoms with E-state index in [-0.39, 0.29) is 5.91 Å². The summed E-state index contributed by atoms with van der Waals surface area (Å²) in [6, 6.07) is 12.3. The maximum atomic E-state index is 12.8. The van der Waals surface area contributed by atoms with Crippen LogP contribution in [0, 0.1) is 13.8 Å². The highest BCUT2D eigenvalue weighted by Crippen LogP contribution is 2.21. The normalized spacial score (nSPS) is 11.4. The van der Waals surface area contributed by atoms with Gasteiger partial charge in [0.15, 0.2) is 5.65 Å². The minimum absolute atomic E-state index is 0.0704. The van der Waals surface area contributed by atoms with E-state index >= 15 is 0 Å². The third-order valence-electron chi connectivity index (χ3n) is 4.88. The SMILES string of the molecule is Cc1cc(C(=O)NCCCn2ccc3ccccc32)c2c(C)nn(C)c2n1. The summed E-state index contributed by atoms with van der Waals surface area (Å²) in [5, 5.41) is 9.52. The molecule has 0 spiro atoms. The van der Waals surface area contributed by atoms with E-state index < -0.39 is 0 Å². The number of carbonyl (C=O) groups is 1. The van der Waals surface area contributed by atoms with Gasteiger partial charge in [0.1, 0.15) is 0 Å². The van der Waals surface area contributed by atoms with Gasteiger partial charge in [0.05, 0.1) is 16.6 Å². The van der Waals surface area contributed by atoms with Crippen LogP contribution in [0.4, 0.5) is 0 Å². The van der Waals surface area contributed by atoms with Crippen LogP contribution in [0.1, 0.15) is 28.2 Å². The molecule has 3 aromatic heterocycles. The second kappa shape index (κ2) is 6.87. The number of fused-ring (bicyclic) bond motifs is 2. The van der Waals surface area contributed by atoms with E-state index in [4.69, 9.17) is 0 Å². The Morgan fingerprint density at radius 3 is 2.85 bits per heavy atom. The fourth-order valence-electron chi connectivity index (χ4n) is 3.63. The first-order valence-electron chi connectivity index (χ1n) is 9.17. The number of benzene rings is 1. The Labute approximate surface area is 157 Å². The number of rotatable bonds is 5. The molecule has 27 heavy (non-hydrogen) atoms. The third kappa shape index (κ3) is 3.18. The topological polar surface area (TPSA) is 64.7 Å². The van der Waals surface area contributed by atoms with Gasteiger partial charge < -0.3 is 9.88 Å². The molecule has 0 bridgehead atoms. The van der Waals surface area contributed by atoms with Crippen LogP contribution < -0.4 is 5.32 Å². The molecule has 1 aromatic carbocycles. The zero-order valence-corrected chi connectivity index (χ0v) is 15.9. The van der Waals surface area contributed by atoms with Crippen molar-refractivity contribution in [2.45, 2.75) is 26.8 Å². The smallest absolute Gasteiger partial charge is 0.252 e. The summed E-state index contributed by atoms with van der Waals surface area (Å²) in [6.45, 7) is 5.29. The fraction of sp³-hybridized carbons (Fsp3) is 0.286. The van der Waals surface area contributed by atoms with E-state index in [1.165, 1.54) is 10.9 Å². The van der Waals surface area contributed by atoms with Gasteiger partial charge in [-0.3, -0.25) is 9.48 Å². The molecule has 0 aliphatic carbocycles. The second-order valence-electron chi connectivity index (χ2n) is 6.90. The second-order valence-corrected chi connectivity index (χ2v) is 6.90. The third-order valence-corrected chi connectivity index (χ3v) is 4.88. The average molecular weight is 361 g/mol. The molecule has 0 atom stereocenters. The Bertz CT molecular complexity index is 1140. The molecule has 4 rings (SSSR count). The van der Waals surface area contributed by atoms with Gasteiger partial charge in [0.25, 0.3) is 5.91 Å². The Morgan fingerprint density at radius 2 is 2.00 bits per heavy atom. The zero-order valence-electron chi connectivity index (χ0n) is 15.9. The lowest BCUT2D eigenvalue weighted by atomic mass is 10.1. The number of nitrogens with zero attached hydrogens (tertiary/aromatic N) is 4. The first kappa shape index (κ1) is 17.3. The van der Waals surface area contributed by atoms with E-state index in [1.807, 2.05) is 39.1 Å². The highest BCUT2D eigenvalue weighted by molar-refractivity contribution is 6.06. The summed E-state index contributed by atoms with van der Waals surface area (Å²) in [5.74, 6) is -0.0704. The number of nitrogens with one attached hydrogen (secondary N) is 1. The van der Waals surface area contributed by atoms with Crippen LogP contribution in [0.3, 0.4) is 0 Å². The molecule has 138 valence electrons. The monoisotopic (exact) mass is 361 g/mol. The summed E-state index contributed by atoms with van der Waals surface area (Å²) < 4.78 is 3.95. The number of amides is 1. The summed E-state index contributed by atoms with van der Waals surface area (Å²) in [5.41, 5.74) is 4.26. The van der Waals surface area contributed by atoms with Gasteiger partial charge >= 0.3 is 0 Å². The molecule has 1 N–H and O–H groups in total. The van der Waals surface area contributed by atoms with E-state index in [0.717, 1.165) is 35.4 Å². The molecule has 1 amide bonds. The number of hydrogen-bond donors (Lipinski definition) is 1. The maximum Gasteiger partial charge on any atom is 0.252 e. The van der Waals surface area contributed by atoms with Gasteiger partial charge in [-0.15, -0.1) is 0 Å². The molecule has 0 aliphatic heterocycles. The number of aromatic nitrogens is 4. The van der Waals surface area contributed by atoms with Crippen LogP contribution in [0.15, 0.2) is 42.6 Å². The number of para-hydroxylation sites is 1. The van der Waals surface area contributed by atoms with Crippen molar-refractivity contribution in [1.82, 2.24) is 24.6 Å². The van der Waals surface area contributed by atoms with Gasteiger partial charge in [-0.2, -0.15) is 5.10 Å². The largest absolute Gasteiger partial charge is 0.352 e. The van der Waals surface area contributed by atoms with Crippen molar-refractivity contribution in [2.24, 2.45) is 7.05 Å². The van der Waals surface area contributed by atoms with E-state index in [2.05, 4.69) is 44.4 Å². The molecule has 6 heteroatoms. The molecule has 0 fully saturated rings. The van der Waals surface area contributed by atoms with Crippen LogP contribution in [-0.2, 0) is 13.6 Å². The standard InChI is InChI=1S/C21H23N5O/c1-14-13-17(19-15(2)24-25(3)20(19)23-14)21(27)22-10-6-11-26-12-9-16-7-4-5-8-18(16)26/h4-5,7-9,12-13H,6,10-11H2,1-3H3,(H,22,27). The predicted octanol–water partition coefficient (Wildman–Crippen LogP) is 3.36. The lowest BCUT2D eigenvalue weighted by Crippen LogP contribution is -2.25. The van der Waals surface area contributed by atoms with Crippen molar-refractivity contribution in [3.8, 4) is 0 Å². The molecule has 0 saturated heterocycles. The van der Waals surface area contributed by atoms with Crippen molar-refractivity contribution in [2.75, 3.05) is 6.54 Å². The van der Waals surface area contributed by atoms with Gasteiger partial charge in [0, 0.05) is 37.5 Å². The van der Waals surface area contributed by atoms with Gasteiger partial charge in [0.2, 0.25) is 0 Å². The van der Waals surface area contributed by atoms with Crippen molar-refractivity contribution in [3.63, 3.8) is 0 Å². The Hall–Kier alpha value is -3.15. The minimum atomic E-state index is -0.0704. The highest BCUT2D eigenvalue weighted by Gasteiger charge is 2.17. The van der Waals surface area contributed by atoms with Crippen molar-refractivity contribution < 1.29 is 4.79 Å². The fourth-order valence-corrected chi connectivity index (χ4v) is 3.63. The first-order chi connectivity index (χ1) is 13.0. The number of hydrogen-bond acceptors (Lipinski definition) is 3. The van der Waals surface area contributed by atoms with Crippen LogP contribution in [0.2, 0.25) is 0 Å². The molecule has 0 unspecified atom stereocenters. The van der Waals surface area contributed by atoms with Crippen molar-refractivity contribution in [3.05, 3.63) is 59.5 Å². The van der Waals surface area contributed by atoms with E-state index in [0.29, 0.717) is 12.1 Å². The van der Waals surface area contributed by atoms with Crippen molar-refractivity contribution >= 4 is 27.8 Å². The average Bonchev–Trinajstić information content (AvgIpc) is 3.19. The summed E-state index contributed by atoms with van der Waals surface area (Å²) in [6.07, 6.45) is 2.96. The number of carbonyl (C=O) groups excluding carboxylic acids is 1. The molecule has 6 nitrogen and oxygen atoms in total. The minimum Gasteiger partial charge on any atom is -0.352 e. The summed E-state index contributed by atoms with van der Waals surface area (Å²) in [7, 11) is 1.85. The molecule has 4 aromatic rings. The zero-order chi connectivity index (χ0) is 19.0. The Balaban J connectivity index is 1.45. The first-order valence-corrected chi connectivity index (χ1v) is 9.17. The lowest BCUT2D eigenvalue weighted by molar-refractivity contribution is 0.0954. The van der Waals surface area contributed by atoms with Gasteiger partial charge in [-0.05, 0) is 43.9 Å². The van der Waals surface area contributed by atoms with Crippen LogP contribution in [0.25, 0.3) is 21.9 Å². The molecule has 3 heterocycles. The van der Waals surface area contributed by atoms with E-state index in [1.54, 1.807) is 4.68 Å². The quantitative estimate of drug-likeness (QED) is 0.554. The number of aryl methyl sites for hydroxylation is 4. The highest BCUT2D eigenvalue weighted by atomic mass is 16.1. The van der Waals surface area contributed by atoms with Gasteiger partial charge in [-0.1, -0.05) is 18.2 Å². The molecular weight excluding hydrogens is 338 g/mol. The maximum absolute atomic E-state index is 12.8. The van der Waals surface area contributed by atoms with Gasteiger partial charge in [-0.25, -0.2) is 4.98 Å². The number of pyridine rings is 1. The van der Waals surface area contributed by atoms with E-state index in [9.17, 15) is 4.79 Å². The molecule has 0 radical (unpaired) electrons. The molecule has 0 saturated carbocycles. The summed E-state index contributed by atoms with van der Waals surface area (Å²) in [4.78, 5) is 17.3. The summed E-state index contributed by atoms with van der Waals surface area (Å²) >= 11 is 0.